The van der Waals surface area contributed by atoms with Crippen LogP contribution in [0.25, 0.3) is 16.9 Å². The molecular weight excluding hydrogens is 432 g/mol. The summed E-state index contributed by atoms with van der Waals surface area (Å²) in [6.45, 7) is 0. The second-order valence-corrected chi connectivity index (χ2v) is 7.16. The molecule has 8 nitrogen and oxygen atoms in total. The van der Waals surface area contributed by atoms with Crippen molar-refractivity contribution in [3.8, 4) is 34.2 Å². The molecule has 0 spiro atoms. The Labute approximate surface area is 197 Å². The van der Waals surface area contributed by atoms with Gasteiger partial charge in [-0.3, -0.25) is 4.79 Å². The summed E-state index contributed by atoms with van der Waals surface area (Å²) in [7, 11) is 4.60. The van der Waals surface area contributed by atoms with Crippen LogP contribution in [0.15, 0.2) is 84.1 Å². The van der Waals surface area contributed by atoms with Crippen LogP contribution in [0.1, 0.15) is 15.9 Å². The lowest BCUT2D eigenvalue weighted by atomic mass is 10.1. The first kappa shape index (κ1) is 22.6. The van der Waals surface area contributed by atoms with E-state index in [1.54, 1.807) is 30.1 Å². The van der Waals surface area contributed by atoms with Gasteiger partial charge in [0.25, 0.3) is 5.91 Å². The number of hydrogen-bond acceptors (Lipinski definition) is 6. The third-order valence-corrected chi connectivity index (χ3v) is 5.13. The Balaban J connectivity index is 1.64. The lowest BCUT2D eigenvalue weighted by Gasteiger charge is -2.13. The molecule has 0 aliphatic carbocycles. The number of methoxy groups -OCH3 is 3. The molecule has 0 aliphatic heterocycles. The molecule has 1 heterocycles. The highest BCUT2D eigenvalue weighted by Crippen LogP contribution is 2.39. The van der Waals surface area contributed by atoms with E-state index in [1.165, 1.54) is 20.4 Å². The standard InChI is InChI=1S/C26H24N4O4/c1-32-22-15-14-19(24(33-2)25(22)34-3)16-27-28-26(31)21-17-30(20-12-8-5-9-13-20)29-23(21)18-10-6-4-7-11-18/h4-17H,1-3H3,(H,28,31)/b27-16+. The van der Waals surface area contributed by atoms with Crippen molar-refractivity contribution in [2.45, 2.75) is 0 Å². The molecule has 0 bridgehead atoms. The molecule has 1 aromatic heterocycles. The van der Waals surface area contributed by atoms with Crippen molar-refractivity contribution >= 4 is 12.1 Å². The summed E-state index contributed by atoms with van der Waals surface area (Å²) < 4.78 is 17.8. The Morgan fingerprint density at radius 3 is 2.21 bits per heavy atom. The molecule has 4 aromatic rings. The lowest BCUT2D eigenvalue weighted by Crippen LogP contribution is -2.18. The van der Waals surface area contributed by atoms with Gasteiger partial charge in [-0.1, -0.05) is 48.5 Å². The van der Waals surface area contributed by atoms with E-state index in [9.17, 15) is 4.79 Å². The predicted molar refractivity (Wildman–Crippen MR) is 130 cm³/mol. The van der Waals surface area contributed by atoms with E-state index >= 15 is 0 Å². The smallest absolute Gasteiger partial charge is 0.275 e. The largest absolute Gasteiger partial charge is 0.493 e. The molecule has 1 amide bonds. The first-order valence-electron chi connectivity index (χ1n) is 10.5. The minimum atomic E-state index is -0.392. The maximum absolute atomic E-state index is 13.1. The number of amides is 1. The summed E-state index contributed by atoms with van der Waals surface area (Å²) in [4.78, 5) is 13.1. The molecule has 0 saturated carbocycles. The second kappa shape index (κ2) is 10.4. The summed E-state index contributed by atoms with van der Waals surface area (Å²) in [5.41, 5.74) is 5.83. The summed E-state index contributed by atoms with van der Waals surface area (Å²) in [5.74, 6) is 1.02. The highest BCUT2D eigenvalue weighted by Gasteiger charge is 2.19. The maximum atomic E-state index is 13.1. The SMILES string of the molecule is COc1ccc(/C=N/NC(=O)c2cn(-c3ccccc3)nc2-c2ccccc2)c(OC)c1OC. The van der Waals surface area contributed by atoms with Crippen molar-refractivity contribution in [3.63, 3.8) is 0 Å². The van der Waals surface area contributed by atoms with E-state index in [-0.39, 0.29) is 0 Å². The van der Waals surface area contributed by atoms with Crippen LogP contribution in [0.2, 0.25) is 0 Å². The Morgan fingerprint density at radius 1 is 0.882 bits per heavy atom. The van der Waals surface area contributed by atoms with Crippen LogP contribution in [0.4, 0.5) is 0 Å². The van der Waals surface area contributed by atoms with Crippen LogP contribution < -0.4 is 19.6 Å². The molecule has 3 aromatic carbocycles. The van der Waals surface area contributed by atoms with Gasteiger partial charge < -0.3 is 14.2 Å². The van der Waals surface area contributed by atoms with E-state index in [4.69, 9.17) is 14.2 Å². The van der Waals surface area contributed by atoms with Gasteiger partial charge in [-0.05, 0) is 24.3 Å². The molecule has 0 saturated heterocycles. The number of carbonyl (C=O) groups is 1. The fraction of sp³-hybridized carbons (Fsp3) is 0.115. The van der Waals surface area contributed by atoms with Gasteiger partial charge >= 0.3 is 0 Å². The zero-order valence-corrected chi connectivity index (χ0v) is 19.1. The van der Waals surface area contributed by atoms with E-state index in [0.717, 1.165) is 11.3 Å². The lowest BCUT2D eigenvalue weighted by molar-refractivity contribution is 0.0955. The van der Waals surface area contributed by atoms with E-state index in [0.29, 0.717) is 34.1 Å². The van der Waals surface area contributed by atoms with E-state index in [1.807, 2.05) is 60.7 Å². The van der Waals surface area contributed by atoms with Crippen molar-refractivity contribution in [2.75, 3.05) is 21.3 Å². The molecule has 172 valence electrons. The Morgan fingerprint density at radius 2 is 1.56 bits per heavy atom. The summed E-state index contributed by atoms with van der Waals surface area (Å²) >= 11 is 0. The molecular formula is C26H24N4O4. The number of aromatic nitrogens is 2. The zero-order chi connectivity index (χ0) is 23.9. The quantitative estimate of drug-likeness (QED) is 0.315. The average molecular weight is 457 g/mol. The zero-order valence-electron chi connectivity index (χ0n) is 19.1. The number of nitrogens with zero attached hydrogens (tertiary/aromatic N) is 3. The summed E-state index contributed by atoms with van der Waals surface area (Å²) in [6.07, 6.45) is 3.18. The number of para-hydroxylation sites is 1. The van der Waals surface area contributed by atoms with Crippen molar-refractivity contribution in [1.82, 2.24) is 15.2 Å². The first-order chi connectivity index (χ1) is 16.7. The number of nitrogens with one attached hydrogen (secondary N) is 1. The molecule has 1 N–H and O–H groups in total. The van der Waals surface area contributed by atoms with Gasteiger partial charge in [0.2, 0.25) is 5.75 Å². The summed E-state index contributed by atoms with van der Waals surface area (Å²) in [5, 5.41) is 8.80. The minimum absolute atomic E-state index is 0.392. The maximum Gasteiger partial charge on any atom is 0.275 e. The number of hydrogen-bond donors (Lipinski definition) is 1. The Kier molecular flexibility index (Phi) is 6.88. The number of rotatable bonds is 8. The minimum Gasteiger partial charge on any atom is -0.493 e. The molecule has 8 heteroatoms. The van der Waals surface area contributed by atoms with Gasteiger partial charge in [0, 0.05) is 17.3 Å². The third-order valence-electron chi connectivity index (χ3n) is 5.13. The van der Waals surface area contributed by atoms with Gasteiger partial charge in [0.05, 0.1) is 38.8 Å². The van der Waals surface area contributed by atoms with Gasteiger partial charge in [0.15, 0.2) is 11.5 Å². The van der Waals surface area contributed by atoms with Crippen LogP contribution >= 0.6 is 0 Å². The van der Waals surface area contributed by atoms with Crippen LogP contribution in [0.5, 0.6) is 17.2 Å². The number of carbonyl (C=O) groups excluding carboxylic acids is 1. The number of benzene rings is 3. The van der Waals surface area contributed by atoms with Gasteiger partial charge in [-0.15, -0.1) is 0 Å². The number of hydrazone groups is 1. The van der Waals surface area contributed by atoms with Crippen LogP contribution in [0.3, 0.4) is 0 Å². The molecule has 0 atom stereocenters. The molecule has 34 heavy (non-hydrogen) atoms. The van der Waals surface area contributed by atoms with Crippen molar-refractivity contribution < 1.29 is 19.0 Å². The predicted octanol–water partition coefficient (Wildman–Crippen LogP) is 4.33. The first-order valence-corrected chi connectivity index (χ1v) is 10.5. The topological polar surface area (TPSA) is 87.0 Å². The van der Waals surface area contributed by atoms with E-state index in [2.05, 4.69) is 15.6 Å². The second-order valence-electron chi connectivity index (χ2n) is 7.16. The number of ether oxygens (including phenoxy) is 3. The Bertz CT molecular complexity index is 1300. The van der Waals surface area contributed by atoms with Crippen LogP contribution in [0, 0.1) is 0 Å². The van der Waals surface area contributed by atoms with Crippen LogP contribution in [-0.2, 0) is 0 Å². The van der Waals surface area contributed by atoms with Gasteiger partial charge in [-0.25, -0.2) is 10.1 Å². The molecule has 4 rings (SSSR count). The fourth-order valence-corrected chi connectivity index (χ4v) is 3.51. The van der Waals surface area contributed by atoms with Crippen molar-refractivity contribution in [1.29, 1.82) is 0 Å². The van der Waals surface area contributed by atoms with Crippen molar-refractivity contribution in [2.24, 2.45) is 5.10 Å². The van der Waals surface area contributed by atoms with Crippen LogP contribution in [-0.4, -0.2) is 43.2 Å². The highest BCUT2D eigenvalue weighted by atomic mass is 16.5. The molecule has 0 aliphatic rings. The van der Waals surface area contributed by atoms with Gasteiger partial charge in [-0.2, -0.15) is 10.2 Å². The average Bonchev–Trinajstić information content (AvgIpc) is 3.35. The molecule has 0 radical (unpaired) electrons. The highest BCUT2D eigenvalue weighted by molar-refractivity contribution is 6.00. The van der Waals surface area contributed by atoms with Gasteiger partial charge in [0.1, 0.15) is 5.69 Å². The van der Waals surface area contributed by atoms with Crippen molar-refractivity contribution in [3.05, 3.63) is 90.1 Å². The normalized spacial score (nSPS) is 10.8. The van der Waals surface area contributed by atoms with E-state index < -0.39 is 5.91 Å². The molecule has 0 unspecified atom stereocenters. The summed E-state index contributed by atoms with van der Waals surface area (Å²) in [6, 6.07) is 22.6. The fourth-order valence-electron chi connectivity index (χ4n) is 3.51. The molecule has 0 fully saturated rings. The monoisotopic (exact) mass is 456 g/mol. The third kappa shape index (κ3) is 4.61. The Hall–Kier alpha value is -4.59.